The van der Waals surface area contributed by atoms with Gasteiger partial charge in [-0.05, 0) is 13.8 Å². The van der Waals surface area contributed by atoms with Crippen molar-refractivity contribution in [3.63, 3.8) is 0 Å². The standard InChI is InChI=1S/C6H6F3NO/c1-4(11)5(2,3-10)6(7,8)9/h1-2H3. The van der Waals surface area contributed by atoms with Crippen LogP contribution < -0.4 is 0 Å². The highest BCUT2D eigenvalue weighted by atomic mass is 19.4. The van der Waals surface area contributed by atoms with Gasteiger partial charge in [0, 0.05) is 0 Å². The van der Waals surface area contributed by atoms with Crippen molar-refractivity contribution in [3.05, 3.63) is 0 Å². The minimum atomic E-state index is -4.78. The van der Waals surface area contributed by atoms with E-state index in [2.05, 4.69) is 0 Å². The number of nitriles is 1. The highest BCUT2D eigenvalue weighted by Crippen LogP contribution is 2.37. The molecule has 0 aromatic rings. The second kappa shape index (κ2) is 2.53. The SMILES string of the molecule is CC(=O)C(C)(C#N)C(F)(F)F. The van der Waals surface area contributed by atoms with E-state index in [9.17, 15) is 18.0 Å². The highest BCUT2D eigenvalue weighted by molar-refractivity contribution is 5.85. The van der Waals surface area contributed by atoms with Crippen LogP contribution in [0.3, 0.4) is 0 Å². The molecule has 1 unspecified atom stereocenters. The molecule has 0 fully saturated rings. The van der Waals surface area contributed by atoms with Gasteiger partial charge in [0.25, 0.3) is 0 Å². The van der Waals surface area contributed by atoms with E-state index < -0.39 is 17.4 Å². The van der Waals surface area contributed by atoms with Gasteiger partial charge < -0.3 is 0 Å². The van der Waals surface area contributed by atoms with Crippen molar-refractivity contribution in [3.8, 4) is 6.07 Å². The first kappa shape index (κ1) is 9.95. The molecule has 0 saturated heterocycles. The van der Waals surface area contributed by atoms with Crippen molar-refractivity contribution in [2.24, 2.45) is 5.41 Å². The molecule has 0 aliphatic rings. The summed E-state index contributed by atoms with van der Waals surface area (Å²) in [7, 11) is 0. The summed E-state index contributed by atoms with van der Waals surface area (Å²) in [5, 5.41) is 8.10. The second-order valence-corrected chi connectivity index (χ2v) is 2.29. The average molecular weight is 165 g/mol. The number of rotatable bonds is 1. The van der Waals surface area contributed by atoms with Gasteiger partial charge in [0.15, 0.2) is 5.78 Å². The normalized spacial score (nSPS) is 16.7. The summed E-state index contributed by atoms with van der Waals surface area (Å²) in [5.74, 6) is -1.19. The fraction of sp³-hybridized carbons (Fsp3) is 0.667. The first-order valence-corrected chi connectivity index (χ1v) is 2.74. The lowest BCUT2D eigenvalue weighted by molar-refractivity contribution is -0.197. The fourth-order valence-electron chi connectivity index (χ4n) is 0.342. The number of hydrogen-bond acceptors (Lipinski definition) is 2. The van der Waals surface area contributed by atoms with Crippen LogP contribution in [-0.2, 0) is 4.79 Å². The van der Waals surface area contributed by atoms with Crippen LogP contribution in [0.2, 0.25) is 0 Å². The van der Waals surface area contributed by atoms with Gasteiger partial charge in [-0.1, -0.05) is 0 Å². The van der Waals surface area contributed by atoms with Crippen LogP contribution in [0.5, 0.6) is 0 Å². The zero-order valence-corrected chi connectivity index (χ0v) is 5.99. The molecule has 0 aromatic heterocycles. The van der Waals surface area contributed by atoms with Gasteiger partial charge in [-0.25, -0.2) is 0 Å². The first-order chi connectivity index (χ1) is 4.75. The van der Waals surface area contributed by atoms with Crippen molar-refractivity contribution in [1.29, 1.82) is 5.26 Å². The maximum Gasteiger partial charge on any atom is 0.413 e. The molecule has 5 heteroatoms. The molecular formula is C6H6F3NO. The van der Waals surface area contributed by atoms with E-state index in [1.165, 1.54) is 0 Å². The largest absolute Gasteiger partial charge is 0.413 e. The van der Waals surface area contributed by atoms with E-state index in [0.29, 0.717) is 6.92 Å². The monoisotopic (exact) mass is 165 g/mol. The third-order valence-corrected chi connectivity index (χ3v) is 1.49. The number of nitrogens with zero attached hydrogens (tertiary/aromatic N) is 1. The lowest BCUT2D eigenvalue weighted by Crippen LogP contribution is -2.39. The van der Waals surface area contributed by atoms with Crippen LogP contribution in [0.4, 0.5) is 13.2 Å². The van der Waals surface area contributed by atoms with E-state index in [4.69, 9.17) is 5.26 Å². The molecule has 0 aliphatic carbocycles. The Labute approximate surface area is 61.6 Å². The quantitative estimate of drug-likeness (QED) is 0.592. The number of carbonyl (C=O) groups excluding carboxylic acids is 1. The molecule has 0 aliphatic heterocycles. The molecule has 0 heterocycles. The zero-order valence-electron chi connectivity index (χ0n) is 5.99. The lowest BCUT2D eigenvalue weighted by Gasteiger charge is -2.20. The summed E-state index contributed by atoms with van der Waals surface area (Å²) in [6.07, 6.45) is -4.78. The predicted octanol–water partition coefficient (Wildman–Crippen LogP) is 1.67. The zero-order chi connectivity index (χ0) is 9.28. The number of Topliss-reactive ketones (excluding diaryl/α,β-unsaturated/α-hetero) is 1. The fourth-order valence-corrected chi connectivity index (χ4v) is 0.342. The Balaban J connectivity index is 4.96. The van der Waals surface area contributed by atoms with Gasteiger partial charge in [-0.3, -0.25) is 4.79 Å². The number of hydrogen-bond donors (Lipinski definition) is 0. The third-order valence-electron chi connectivity index (χ3n) is 1.49. The molecule has 0 N–H and O–H groups in total. The molecule has 0 bridgehead atoms. The minimum absolute atomic E-state index is 0.565. The van der Waals surface area contributed by atoms with Gasteiger partial charge in [0.1, 0.15) is 0 Å². The Bertz CT molecular complexity index is 215. The molecule has 2 nitrogen and oxygen atoms in total. The van der Waals surface area contributed by atoms with Crippen molar-refractivity contribution in [2.45, 2.75) is 20.0 Å². The van der Waals surface area contributed by atoms with Crippen LogP contribution in [0.1, 0.15) is 13.8 Å². The number of alkyl halides is 3. The van der Waals surface area contributed by atoms with Crippen LogP contribution >= 0.6 is 0 Å². The van der Waals surface area contributed by atoms with Crippen molar-refractivity contribution >= 4 is 5.78 Å². The predicted molar refractivity (Wildman–Crippen MR) is 30.5 cm³/mol. The summed E-state index contributed by atoms with van der Waals surface area (Å²) in [6.45, 7) is 1.31. The third kappa shape index (κ3) is 1.50. The minimum Gasteiger partial charge on any atom is -0.298 e. The number of ketones is 1. The highest BCUT2D eigenvalue weighted by Gasteiger charge is 2.55. The molecule has 11 heavy (non-hydrogen) atoms. The van der Waals surface area contributed by atoms with E-state index in [0.717, 1.165) is 13.0 Å². The van der Waals surface area contributed by atoms with Crippen molar-refractivity contribution in [1.82, 2.24) is 0 Å². The average Bonchev–Trinajstić information content (AvgIpc) is 1.83. The van der Waals surface area contributed by atoms with Crippen LogP contribution in [0.25, 0.3) is 0 Å². The molecule has 0 radical (unpaired) electrons. The molecule has 0 saturated carbocycles. The second-order valence-electron chi connectivity index (χ2n) is 2.29. The lowest BCUT2D eigenvalue weighted by atomic mass is 9.88. The smallest absolute Gasteiger partial charge is 0.298 e. The topological polar surface area (TPSA) is 40.9 Å². The molecule has 0 aromatic carbocycles. The summed E-state index contributed by atoms with van der Waals surface area (Å²) in [6, 6.07) is 0.943. The first-order valence-electron chi connectivity index (χ1n) is 2.74. The van der Waals surface area contributed by atoms with E-state index in [1.807, 2.05) is 0 Å². The van der Waals surface area contributed by atoms with Gasteiger partial charge >= 0.3 is 6.18 Å². The molecule has 1 atom stereocenters. The van der Waals surface area contributed by atoms with E-state index in [-0.39, 0.29) is 0 Å². The molecule has 0 amide bonds. The van der Waals surface area contributed by atoms with E-state index >= 15 is 0 Å². The summed E-state index contributed by atoms with van der Waals surface area (Å²) in [4.78, 5) is 10.4. The molecule has 0 rings (SSSR count). The maximum atomic E-state index is 11.9. The molecular weight excluding hydrogens is 159 g/mol. The molecule has 62 valence electrons. The van der Waals surface area contributed by atoms with Crippen LogP contribution in [0, 0.1) is 16.7 Å². The summed E-state index contributed by atoms with van der Waals surface area (Å²) in [5.41, 5.74) is -2.85. The van der Waals surface area contributed by atoms with Gasteiger partial charge in [-0.2, -0.15) is 18.4 Å². The molecule has 0 spiro atoms. The van der Waals surface area contributed by atoms with Gasteiger partial charge in [0.2, 0.25) is 5.41 Å². The van der Waals surface area contributed by atoms with E-state index in [1.54, 1.807) is 0 Å². The number of halogens is 3. The van der Waals surface area contributed by atoms with Crippen molar-refractivity contribution < 1.29 is 18.0 Å². The summed E-state index contributed by atoms with van der Waals surface area (Å²) < 4.78 is 35.7. The number of carbonyl (C=O) groups is 1. The maximum absolute atomic E-state index is 11.9. The Hall–Kier alpha value is -1.05. The Morgan fingerprint density at radius 3 is 1.82 bits per heavy atom. The Kier molecular flexibility index (Phi) is 2.29. The van der Waals surface area contributed by atoms with Crippen LogP contribution in [-0.4, -0.2) is 12.0 Å². The summed E-state index contributed by atoms with van der Waals surface area (Å²) >= 11 is 0. The van der Waals surface area contributed by atoms with Gasteiger partial charge in [-0.15, -0.1) is 0 Å². The Morgan fingerprint density at radius 1 is 1.45 bits per heavy atom. The van der Waals surface area contributed by atoms with Crippen LogP contribution in [0.15, 0.2) is 0 Å². The van der Waals surface area contributed by atoms with Crippen molar-refractivity contribution in [2.75, 3.05) is 0 Å². The van der Waals surface area contributed by atoms with Gasteiger partial charge in [0.05, 0.1) is 6.07 Å². The Morgan fingerprint density at radius 2 is 1.82 bits per heavy atom.